The Bertz CT molecular complexity index is 283. The van der Waals surface area contributed by atoms with Crippen molar-refractivity contribution in [2.45, 2.75) is 6.92 Å². The maximum atomic E-state index is 9.80. The average Bonchev–Trinajstić information content (AvgIpc) is 2.13. The second kappa shape index (κ2) is 2.45. The van der Waals surface area contributed by atoms with E-state index in [0.29, 0.717) is 5.82 Å². The smallest absolute Gasteiger partial charge is 0.242 e. The standard InChI is InChI=1S/C6H7N3O/c1-5-3-6(7-4-10)9(2)8-5/h3H,1-2H3. The van der Waals surface area contributed by atoms with Crippen molar-refractivity contribution in [1.29, 1.82) is 0 Å². The molecule has 0 unspecified atom stereocenters. The van der Waals surface area contributed by atoms with E-state index in [0.717, 1.165) is 5.69 Å². The number of aliphatic imine (C=N–C) groups is 1. The SMILES string of the molecule is Cc1cc(N=C=O)n(C)n1. The van der Waals surface area contributed by atoms with Gasteiger partial charge in [-0.05, 0) is 6.92 Å². The van der Waals surface area contributed by atoms with Crippen molar-refractivity contribution in [1.82, 2.24) is 9.78 Å². The molecule has 52 valence electrons. The van der Waals surface area contributed by atoms with Crippen LogP contribution in [0.3, 0.4) is 0 Å². The van der Waals surface area contributed by atoms with Crippen LogP contribution in [0.1, 0.15) is 5.69 Å². The zero-order valence-electron chi connectivity index (χ0n) is 5.83. The molecule has 0 saturated carbocycles. The van der Waals surface area contributed by atoms with Crippen molar-refractivity contribution in [3.8, 4) is 0 Å². The van der Waals surface area contributed by atoms with E-state index in [-0.39, 0.29) is 0 Å². The first-order valence-electron chi connectivity index (χ1n) is 2.82. The van der Waals surface area contributed by atoms with Crippen LogP contribution in [0.15, 0.2) is 11.1 Å². The van der Waals surface area contributed by atoms with Gasteiger partial charge in [0, 0.05) is 13.1 Å². The van der Waals surface area contributed by atoms with Crippen LogP contribution in [0.25, 0.3) is 0 Å². The molecule has 0 saturated heterocycles. The van der Waals surface area contributed by atoms with Gasteiger partial charge in [0.15, 0.2) is 5.82 Å². The Morgan fingerprint density at radius 3 is 2.90 bits per heavy atom. The van der Waals surface area contributed by atoms with Gasteiger partial charge in [0.2, 0.25) is 6.08 Å². The quantitative estimate of drug-likeness (QED) is 0.422. The van der Waals surface area contributed by atoms with E-state index in [1.807, 2.05) is 6.92 Å². The van der Waals surface area contributed by atoms with Gasteiger partial charge in [0.25, 0.3) is 0 Å². The first-order chi connectivity index (χ1) is 4.74. The largest absolute Gasteiger partial charge is 0.250 e. The molecule has 4 nitrogen and oxygen atoms in total. The Labute approximate surface area is 58.2 Å². The molecule has 0 N–H and O–H groups in total. The molecule has 0 aliphatic heterocycles. The Hall–Kier alpha value is -1.41. The molecule has 10 heavy (non-hydrogen) atoms. The predicted molar refractivity (Wildman–Crippen MR) is 35.7 cm³/mol. The van der Waals surface area contributed by atoms with Gasteiger partial charge >= 0.3 is 0 Å². The Kier molecular flexibility index (Phi) is 1.65. The van der Waals surface area contributed by atoms with Crippen LogP contribution in [-0.2, 0) is 11.8 Å². The molecule has 1 aromatic rings. The number of aryl methyl sites for hydroxylation is 2. The number of hydrogen-bond acceptors (Lipinski definition) is 3. The van der Waals surface area contributed by atoms with Crippen LogP contribution < -0.4 is 0 Å². The third-order valence-electron chi connectivity index (χ3n) is 1.14. The Morgan fingerprint density at radius 2 is 2.50 bits per heavy atom. The molecule has 0 fully saturated rings. The topological polar surface area (TPSA) is 47.2 Å². The molecule has 0 atom stereocenters. The van der Waals surface area contributed by atoms with Crippen molar-refractivity contribution in [2.75, 3.05) is 0 Å². The summed E-state index contributed by atoms with van der Waals surface area (Å²) in [6.07, 6.45) is 1.45. The molecule has 0 spiro atoms. The van der Waals surface area contributed by atoms with Crippen molar-refractivity contribution < 1.29 is 4.79 Å². The average molecular weight is 137 g/mol. The van der Waals surface area contributed by atoms with Gasteiger partial charge in [-0.15, -0.1) is 4.99 Å². The highest BCUT2D eigenvalue weighted by atomic mass is 16.1. The lowest BCUT2D eigenvalue weighted by molar-refractivity contribution is 0.564. The molecule has 0 amide bonds. The van der Waals surface area contributed by atoms with Crippen molar-refractivity contribution in [3.05, 3.63) is 11.8 Å². The Morgan fingerprint density at radius 1 is 1.80 bits per heavy atom. The van der Waals surface area contributed by atoms with Gasteiger partial charge in [-0.3, -0.25) is 4.68 Å². The second-order valence-corrected chi connectivity index (χ2v) is 1.97. The maximum absolute atomic E-state index is 9.80. The summed E-state index contributed by atoms with van der Waals surface area (Å²) in [6.45, 7) is 1.84. The Balaban J connectivity index is 3.14. The molecule has 4 heteroatoms. The monoisotopic (exact) mass is 137 g/mol. The van der Waals surface area contributed by atoms with Crippen LogP contribution in [-0.4, -0.2) is 15.9 Å². The van der Waals surface area contributed by atoms with Crippen molar-refractivity contribution >= 4 is 11.9 Å². The molecule has 1 aromatic heterocycles. The molecule has 0 radical (unpaired) electrons. The van der Waals surface area contributed by atoms with Crippen LogP contribution in [0, 0.1) is 6.92 Å². The van der Waals surface area contributed by atoms with E-state index in [2.05, 4.69) is 10.1 Å². The summed E-state index contributed by atoms with van der Waals surface area (Å²) in [4.78, 5) is 13.2. The summed E-state index contributed by atoms with van der Waals surface area (Å²) in [5.41, 5.74) is 0.844. The van der Waals surface area contributed by atoms with Crippen LogP contribution in [0.4, 0.5) is 5.82 Å². The lowest BCUT2D eigenvalue weighted by Gasteiger charge is -1.87. The summed E-state index contributed by atoms with van der Waals surface area (Å²) < 4.78 is 1.53. The van der Waals surface area contributed by atoms with E-state index in [1.165, 1.54) is 10.8 Å². The number of aromatic nitrogens is 2. The van der Waals surface area contributed by atoms with Crippen LogP contribution >= 0.6 is 0 Å². The summed E-state index contributed by atoms with van der Waals surface area (Å²) in [6, 6.07) is 1.71. The fraction of sp³-hybridized carbons (Fsp3) is 0.333. The third kappa shape index (κ3) is 1.11. The van der Waals surface area contributed by atoms with Gasteiger partial charge < -0.3 is 0 Å². The normalized spacial score (nSPS) is 9.00. The highest BCUT2D eigenvalue weighted by Gasteiger charge is 1.97. The molecule has 0 aliphatic carbocycles. The summed E-state index contributed by atoms with van der Waals surface area (Å²) >= 11 is 0. The van der Waals surface area contributed by atoms with Gasteiger partial charge in [-0.2, -0.15) is 5.10 Å². The third-order valence-corrected chi connectivity index (χ3v) is 1.14. The molecule has 0 bridgehead atoms. The lowest BCUT2D eigenvalue weighted by Crippen LogP contribution is -1.88. The minimum atomic E-state index is 0.535. The van der Waals surface area contributed by atoms with E-state index in [1.54, 1.807) is 13.1 Å². The first kappa shape index (κ1) is 6.71. The van der Waals surface area contributed by atoms with Crippen LogP contribution in [0.5, 0.6) is 0 Å². The molecule has 0 aromatic carbocycles. The van der Waals surface area contributed by atoms with Gasteiger partial charge in [0.05, 0.1) is 5.69 Å². The maximum Gasteiger partial charge on any atom is 0.242 e. The molecular weight excluding hydrogens is 130 g/mol. The number of hydrogen-bond donors (Lipinski definition) is 0. The highest BCUT2D eigenvalue weighted by molar-refractivity contribution is 5.44. The second-order valence-electron chi connectivity index (χ2n) is 1.97. The van der Waals surface area contributed by atoms with Crippen molar-refractivity contribution in [2.24, 2.45) is 12.0 Å². The summed E-state index contributed by atoms with van der Waals surface area (Å²) in [5, 5.41) is 3.97. The fourth-order valence-electron chi connectivity index (χ4n) is 0.748. The first-order valence-corrected chi connectivity index (χ1v) is 2.82. The predicted octanol–water partition coefficient (Wildman–Crippen LogP) is 0.696. The number of isocyanates is 1. The zero-order valence-corrected chi connectivity index (χ0v) is 5.83. The van der Waals surface area contributed by atoms with Crippen LogP contribution in [0.2, 0.25) is 0 Å². The van der Waals surface area contributed by atoms with E-state index < -0.39 is 0 Å². The van der Waals surface area contributed by atoms with Crippen molar-refractivity contribution in [3.63, 3.8) is 0 Å². The minimum absolute atomic E-state index is 0.535. The minimum Gasteiger partial charge on any atom is -0.250 e. The van der Waals surface area contributed by atoms with E-state index >= 15 is 0 Å². The fourth-order valence-corrected chi connectivity index (χ4v) is 0.748. The summed E-state index contributed by atoms with van der Waals surface area (Å²) in [7, 11) is 1.73. The number of nitrogens with zero attached hydrogens (tertiary/aromatic N) is 3. The van der Waals surface area contributed by atoms with Gasteiger partial charge in [-0.1, -0.05) is 0 Å². The van der Waals surface area contributed by atoms with Gasteiger partial charge in [0.1, 0.15) is 0 Å². The highest BCUT2D eigenvalue weighted by Crippen LogP contribution is 2.09. The molecule has 1 heterocycles. The number of rotatable bonds is 1. The number of carbonyl (C=O) groups excluding carboxylic acids is 1. The molecule has 1 rings (SSSR count). The molecular formula is C6H7N3O. The summed E-state index contributed by atoms with van der Waals surface area (Å²) in [5.74, 6) is 0.535. The molecule has 0 aliphatic rings. The van der Waals surface area contributed by atoms with E-state index in [9.17, 15) is 4.79 Å². The van der Waals surface area contributed by atoms with E-state index in [4.69, 9.17) is 0 Å². The van der Waals surface area contributed by atoms with Gasteiger partial charge in [-0.25, -0.2) is 4.79 Å². The lowest BCUT2D eigenvalue weighted by atomic mass is 10.5. The zero-order chi connectivity index (χ0) is 7.56.